The van der Waals surface area contributed by atoms with Crippen LogP contribution in [0.1, 0.15) is 25.7 Å². The van der Waals surface area contributed by atoms with Gasteiger partial charge in [0.2, 0.25) is 0 Å². The van der Waals surface area contributed by atoms with Crippen LogP contribution in [0.2, 0.25) is 0 Å². The Kier molecular flexibility index (Phi) is 3.57. The van der Waals surface area contributed by atoms with Gasteiger partial charge in [0.15, 0.2) is 0 Å². The van der Waals surface area contributed by atoms with Gasteiger partial charge in [-0.2, -0.15) is 0 Å². The SMILES string of the molecule is FC(F)(CN1CCCC1)CN1CCCC1. The molecule has 15 heavy (non-hydrogen) atoms. The second-order valence-electron chi connectivity index (χ2n) is 4.82. The summed E-state index contributed by atoms with van der Waals surface area (Å²) >= 11 is 0. The summed E-state index contributed by atoms with van der Waals surface area (Å²) in [5, 5.41) is 0. The van der Waals surface area contributed by atoms with Crippen LogP contribution in [0.15, 0.2) is 0 Å². The van der Waals surface area contributed by atoms with Gasteiger partial charge in [0, 0.05) is 0 Å². The van der Waals surface area contributed by atoms with Crippen LogP contribution in [0.5, 0.6) is 0 Å². The molecule has 0 aromatic carbocycles. The van der Waals surface area contributed by atoms with E-state index in [1.807, 2.05) is 9.80 Å². The molecule has 0 N–H and O–H groups in total. The molecule has 2 heterocycles. The molecule has 0 saturated carbocycles. The van der Waals surface area contributed by atoms with Gasteiger partial charge in [0.25, 0.3) is 5.92 Å². The molecule has 0 radical (unpaired) electrons. The summed E-state index contributed by atoms with van der Waals surface area (Å²) in [6, 6.07) is 0. The molecule has 2 rings (SSSR count). The first-order chi connectivity index (χ1) is 7.16. The minimum Gasteiger partial charge on any atom is -0.297 e. The summed E-state index contributed by atoms with van der Waals surface area (Å²) in [5.74, 6) is -2.52. The maximum atomic E-state index is 13.6. The first kappa shape index (κ1) is 11.3. The fourth-order valence-electron chi connectivity index (χ4n) is 2.59. The number of hydrogen-bond acceptors (Lipinski definition) is 2. The molecule has 0 unspecified atom stereocenters. The van der Waals surface area contributed by atoms with Crippen molar-refractivity contribution in [2.75, 3.05) is 39.3 Å². The lowest BCUT2D eigenvalue weighted by Gasteiger charge is -2.27. The molecule has 2 saturated heterocycles. The summed E-state index contributed by atoms with van der Waals surface area (Å²) in [7, 11) is 0. The van der Waals surface area contributed by atoms with Crippen molar-refractivity contribution >= 4 is 0 Å². The highest BCUT2D eigenvalue weighted by atomic mass is 19.3. The molecular weight excluding hydrogens is 198 g/mol. The third kappa shape index (κ3) is 3.38. The largest absolute Gasteiger partial charge is 0.297 e. The van der Waals surface area contributed by atoms with Gasteiger partial charge in [-0.3, -0.25) is 9.80 Å². The number of hydrogen-bond donors (Lipinski definition) is 0. The van der Waals surface area contributed by atoms with Crippen LogP contribution in [-0.2, 0) is 0 Å². The van der Waals surface area contributed by atoms with E-state index in [1.165, 1.54) is 0 Å². The van der Waals surface area contributed by atoms with Gasteiger partial charge in [-0.25, -0.2) is 8.78 Å². The summed E-state index contributed by atoms with van der Waals surface area (Å²) < 4.78 is 27.3. The molecule has 0 bridgehead atoms. The van der Waals surface area contributed by atoms with Crippen LogP contribution in [0.4, 0.5) is 8.78 Å². The minimum atomic E-state index is -2.52. The first-order valence-corrected chi connectivity index (χ1v) is 5.98. The normalized spacial score (nSPS) is 25.2. The molecule has 0 spiro atoms. The van der Waals surface area contributed by atoms with Crippen LogP contribution >= 0.6 is 0 Å². The molecule has 2 aliphatic heterocycles. The molecule has 4 heteroatoms. The van der Waals surface area contributed by atoms with Crippen LogP contribution < -0.4 is 0 Å². The Morgan fingerprint density at radius 2 is 1.07 bits per heavy atom. The quantitative estimate of drug-likeness (QED) is 0.710. The Morgan fingerprint density at radius 3 is 1.40 bits per heavy atom. The number of halogens is 2. The molecule has 0 atom stereocenters. The summed E-state index contributed by atoms with van der Waals surface area (Å²) in [6.45, 7) is 3.35. The Bertz CT molecular complexity index is 177. The van der Waals surface area contributed by atoms with E-state index in [4.69, 9.17) is 0 Å². The van der Waals surface area contributed by atoms with Crippen LogP contribution in [0.25, 0.3) is 0 Å². The molecule has 0 amide bonds. The third-order valence-electron chi connectivity index (χ3n) is 3.31. The lowest BCUT2D eigenvalue weighted by Crippen LogP contribution is -2.43. The van der Waals surface area contributed by atoms with Crippen molar-refractivity contribution in [3.8, 4) is 0 Å². The fraction of sp³-hybridized carbons (Fsp3) is 1.00. The molecule has 88 valence electrons. The predicted octanol–water partition coefficient (Wildman–Crippen LogP) is 1.81. The lowest BCUT2D eigenvalue weighted by molar-refractivity contribution is -0.0496. The van der Waals surface area contributed by atoms with Crippen molar-refractivity contribution in [1.82, 2.24) is 9.80 Å². The summed E-state index contributed by atoms with van der Waals surface area (Å²) in [6.07, 6.45) is 4.33. The zero-order valence-corrected chi connectivity index (χ0v) is 9.22. The van der Waals surface area contributed by atoms with E-state index in [1.54, 1.807) is 0 Å². The average Bonchev–Trinajstić information content (AvgIpc) is 2.75. The molecule has 0 aliphatic carbocycles. The van der Waals surface area contributed by atoms with Crippen molar-refractivity contribution < 1.29 is 8.78 Å². The standard InChI is InChI=1S/C11H20F2N2/c12-11(13,9-14-5-1-2-6-14)10-15-7-3-4-8-15/h1-10H2. The van der Waals surface area contributed by atoms with Crippen molar-refractivity contribution in [3.05, 3.63) is 0 Å². The molecule has 2 aliphatic rings. The highest BCUT2D eigenvalue weighted by molar-refractivity contribution is 4.80. The van der Waals surface area contributed by atoms with Crippen LogP contribution in [0.3, 0.4) is 0 Å². The van der Waals surface area contributed by atoms with Crippen LogP contribution in [0, 0.1) is 0 Å². The van der Waals surface area contributed by atoms with E-state index in [9.17, 15) is 8.78 Å². The molecule has 0 aromatic rings. The molecule has 2 fully saturated rings. The van der Waals surface area contributed by atoms with E-state index < -0.39 is 5.92 Å². The molecule has 2 nitrogen and oxygen atoms in total. The predicted molar refractivity (Wildman–Crippen MR) is 56.3 cm³/mol. The summed E-state index contributed by atoms with van der Waals surface area (Å²) in [5.41, 5.74) is 0. The second kappa shape index (κ2) is 4.74. The van der Waals surface area contributed by atoms with E-state index in [-0.39, 0.29) is 13.1 Å². The maximum absolute atomic E-state index is 13.6. The number of nitrogens with zero attached hydrogens (tertiary/aromatic N) is 2. The Labute approximate surface area is 90.2 Å². The van der Waals surface area contributed by atoms with E-state index in [2.05, 4.69) is 0 Å². The van der Waals surface area contributed by atoms with Gasteiger partial charge in [-0.15, -0.1) is 0 Å². The minimum absolute atomic E-state index is 0.0382. The zero-order chi connectivity index (χ0) is 10.7. The van der Waals surface area contributed by atoms with Crippen molar-refractivity contribution in [2.45, 2.75) is 31.6 Å². The monoisotopic (exact) mass is 218 g/mol. The van der Waals surface area contributed by atoms with E-state index >= 15 is 0 Å². The number of likely N-dealkylation sites (tertiary alicyclic amines) is 2. The van der Waals surface area contributed by atoms with Gasteiger partial charge in [0.05, 0.1) is 13.1 Å². The second-order valence-corrected chi connectivity index (χ2v) is 4.82. The highest BCUT2D eigenvalue weighted by Crippen LogP contribution is 2.22. The smallest absolute Gasteiger partial charge is 0.272 e. The lowest BCUT2D eigenvalue weighted by atomic mass is 10.3. The number of alkyl halides is 2. The Balaban J connectivity index is 1.76. The van der Waals surface area contributed by atoms with E-state index in [0.29, 0.717) is 0 Å². The number of rotatable bonds is 4. The van der Waals surface area contributed by atoms with Gasteiger partial charge < -0.3 is 0 Å². The highest BCUT2D eigenvalue weighted by Gasteiger charge is 2.35. The van der Waals surface area contributed by atoms with Gasteiger partial charge in [-0.1, -0.05) is 0 Å². The van der Waals surface area contributed by atoms with Gasteiger partial charge >= 0.3 is 0 Å². The van der Waals surface area contributed by atoms with Crippen LogP contribution in [-0.4, -0.2) is 55.0 Å². The average molecular weight is 218 g/mol. The summed E-state index contributed by atoms with van der Waals surface area (Å²) in [4.78, 5) is 3.80. The zero-order valence-electron chi connectivity index (χ0n) is 9.22. The molecular formula is C11H20F2N2. The topological polar surface area (TPSA) is 6.48 Å². The molecule has 0 aromatic heterocycles. The van der Waals surface area contributed by atoms with Gasteiger partial charge in [0.1, 0.15) is 0 Å². The Morgan fingerprint density at radius 1 is 0.733 bits per heavy atom. The van der Waals surface area contributed by atoms with Crippen molar-refractivity contribution in [2.24, 2.45) is 0 Å². The van der Waals surface area contributed by atoms with E-state index in [0.717, 1.165) is 51.9 Å². The maximum Gasteiger partial charge on any atom is 0.272 e. The van der Waals surface area contributed by atoms with Crippen molar-refractivity contribution in [1.29, 1.82) is 0 Å². The fourth-order valence-corrected chi connectivity index (χ4v) is 2.59. The van der Waals surface area contributed by atoms with Crippen molar-refractivity contribution in [3.63, 3.8) is 0 Å². The third-order valence-corrected chi connectivity index (χ3v) is 3.31. The first-order valence-electron chi connectivity index (χ1n) is 5.98. The van der Waals surface area contributed by atoms with Gasteiger partial charge in [-0.05, 0) is 51.9 Å². The Hall–Kier alpha value is -0.220.